The van der Waals surface area contributed by atoms with Gasteiger partial charge in [-0.15, -0.1) is 0 Å². The van der Waals surface area contributed by atoms with E-state index in [1.54, 1.807) is 0 Å². The summed E-state index contributed by atoms with van der Waals surface area (Å²) in [6, 6.07) is 4.42. The van der Waals surface area contributed by atoms with Crippen LogP contribution in [0.5, 0.6) is 5.88 Å². The first-order chi connectivity index (χ1) is 37.7. The third kappa shape index (κ3) is 13.0. The highest BCUT2D eigenvalue weighted by molar-refractivity contribution is 7.92. The van der Waals surface area contributed by atoms with E-state index in [4.69, 9.17) is 26.1 Å². The highest BCUT2D eigenvalue weighted by Gasteiger charge is 2.67. The summed E-state index contributed by atoms with van der Waals surface area (Å²) in [5.74, 6) is -14.5. The number of sulfonamides is 1. The molecule has 2 aliphatic carbocycles. The SMILES string of the molecule is Cn1nc(N(C(=O)CCCN(CC(=O)O)C(=O)OCOP(=O)(O)O)S(C)(=O)=O)c2c(Cl)ccc(-n3c([C@H](Cc4cc(F)cc(F)c4)NC(=O)Cn4nc(C(F)F)c5c4C(F)(F)[C@@H]4C[C@H]54)nc4nc(OCCC(F)(F)F)ccc4c3=O)c21. The third-order valence-electron chi connectivity index (χ3n) is 12.5. The Morgan fingerprint density at radius 3 is 2.36 bits per heavy atom. The molecular formula is C45H41ClF9N10O14PS. The van der Waals surface area contributed by atoms with Gasteiger partial charge in [0.15, 0.2) is 11.5 Å². The van der Waals surface area contributed by atoms with Crippen LogP contribution in [0.2, 0.25) is 5.02 Å². The van der Waals surface area contributed by atoms with Crippen LogP contribution < -0.4 is 19.9 Å². The number of carboxylic acids is 1. The Morgan fingerprint density at radius 1 is 1.04 bits per heavy atom. The first-order valence-electron chi connectivity index (χ1n) is 23.4. The summed E-state index contributed by atoms with van der Waals surface area (Å²) in [5.41, 5.74) is -5.09. The maximum atomic E-state index is 15.7. The van der Waals surface area contributed by atoms with Crippen LogP contribution in [0.15, 0.2) is 47.3 Å². The minimum atomic E-state index is -5.15. The molecule has 3 atom stereocenters. The van der Waals surface area contributed by atoms with Crippen molar-refractivity contribution in [1.82, 2.24) is 44.3 Å². The number of alkyl halides is 7. The van der Waals surface area contributed by atoms with Gasteiger partial charge in [0.25, 0.3) is 17.9 Å². The zero-order valence-corrected chi connectivity index (χ0v) is 43.9. The van der Waals surface area contributed by atoms with E-state index in [2.05, 4.69) is 34.7 Å². The number of benzene rings is 2. The number of aryl methyl sites for hydroxylation is 1. The molecule has 1 fully saturated rings. The lowest BCUT2D eigenvalue weighted by Crippen LogP contribution is -2.39. The number of ether oxygens (including phenoxy) is 2. The van der Waals surface area contributed by atoms with Crippen molar-refractivity contribution in [1.29, 1.82) is 0 Å². The molecule has 4 N–H and O–H groups in total. The Hall–Kier alpha value is -7.39. The van der Waals surface area contributed by atoms with Gasteiger partial charge in [0.2, 0.25) is 34.5 Å². The van der Waals surface area contributed by atoms with E-state index < -0.39 is 205 Å². The fourth-order valence-electron chi connectivity index (χ4n) is 9.29. The topological polar surface area (TPSA) is 310 Å². The Morgan fingerprint density at radius 2 is 1.73 bits per heavy atom. The number of pyridine rings is 1. The minimum Gasteiger partial charge on any atom is -0.480 e. The van der Waals surface area contributed by atoms with Gasteiger partial charge in [0.1, 0.15) is 41.9 Å². The molecule has 6 aromatic rings. The number of aromatic nitrogens is 7. The number of anilines is 1. The Bertz CT molecular complexity index is 3730. The molecule has 0 aliphatic heterocycles. The van der Waals surface area contributed by atoms with Crippen molar-refractivity contribution in [2.75, 3.05) is 37.1 Å². The van der Waals surface area contributed by atoms with E-state index in [0.29, 0.717) is 21.9 Å². The van der Waals surface area contributed by atoms with E-state index in [-0.39, 0.29) is 32.5 Å². The van der Waals surface area contributed by atoms with Crippen molar-refractivity contribution in [2.45, 2.75) is 69.1 Å². The first kappa shape index (κ1) is 59.7. The van der Waals surface area contributed by atoms with Crippen molar-refractivity contribution >= 4 is 81.1 Å². The molecule has 4 heterocycles. The molecule has 81 heavy (non-hydrogen) atoms. The highest BCUT2D eigenvalue weighted by atomic mass is 35.5. The highest BCUT2D eigenvalue weighted by Crippen LogP contribution is 2.68. The molecule has 4 aromatic heterocycles. The molecule has 0 bridgehead atoms. The van der Waals surface area contributed by atoms with E-state index in [0.717, 1.165) is 45.6 Å². The van der Waals surface area contributed by atoms with Gasteiger partial charge in [-0.25, -0.2) is 44.8 Å². The number of hydrogen-bond donors (Lipinski definition) is 4. The lowest BCUT2D eigenvalue weighted by atomic mass is 10.0. The zero-order chi connectivity index (χ0) is 59.4. The van der Waals surface area contributed by atoms with Crippen LogP contribution in [0.25, 0.3) is 27.6 Å². The minimum absolute atomic E-state index is 0.128. The van der Waals surface area contributed by atoms with Gasteiger partial charge in [-0.1, -0.05) is 11.6 Å². The number of fused-ring (bicyclic) bond motifs is 5. The predicted molar refractivity (Wildman–Crippen MR) is 259 cm³/mol. The molecule has 1 saturated carbocycles. The van der Waals surface area contributed by atoms with Gasteiger partial charge in [-0.2, -0.15) is 41.4 Å². The summed E-state index contributed by atoms with van der Waals surface area (Å²) >= 11 is 6.74. The number of carboxylic acid groups (broad SMARTS) is 1. The number of amides is 3. The molecule has 0 spiro atoms. The molecular weight excluding hydrogens is 1170 g/mol. The maximum absolute atomic E-state index is 15.7. The molecule has 8 rings (SSSR count). The zero-order valence-electron chi connectivity index (χ0n) is 41.4. The summed E-state index contributed by atoms with van der Waals surface area (Å²) in [7, 11) is -8.75. The van der Waals surface area contributed by atoms with Crippen LogP contribution in [-0.2, 0) is 64.2 Å². The van der Waals surface area contributed by atoms with Crippen LogP contribution in [0.1, 0.15) is 72.4 Å². The molecule has 0 saturated heterocycles. The number of hydrogen-bond acceptors (Lipinski definition) is 15. The van der Waals surface area contributed by atoms with Crippen molar-refractivity contribution < 1.29 is 101 Å². The van der Waals surface area contributed by atoms with Gasteiger partial charge < -0.3 is 29.7 Å². The third-order valence-corrected chi connectivity index (χ3v) is 14.3. The number of carbonyl (C=O) groups excluding carboxylic acids is 3. The molecule has 36 heteroatoms. The fraction of sp³-hybridized carbons (Fsp3) is 0.400. The molecule has 0 radical (unpaired) electrons. The average Bonchev–Trinajstić information content (AvgIpc) is 4.12. The number of halogens is 10. The van der Waals surface area contributed by atoms with Crippen molar-refractivity contribution in [2.24, 2.45) is 13.0 Å². The quantitative estimate of drug-likeness (QED) is 0.0342. The molecule has 2 aliphatic rings. The van der Waals surface area contributed by atoms with Gasteiger partial charge >= 0.3 is 26.1 Å². The smallest absolute Gasteiger partial charge is 0.472 e. The van der Waals surface area contributed by atoms with E-state index in [1.165, 1.54) is 7.05 Å². The van der Waals surface area contributed by atoms with Crippen LogP contribution in [0.3, 0.4) is 0 Å². The van der Waals surface area contributed by atoms with Crippen molar-refractivity contribution in [3.8, 4) is 11.6 Å². The summed E-state index contributed by atoms with van der Waals surface area (Å²) in [5, 5.41) is 18.5. The Kier molecular flexibility index (Phi) is 16.6. The van der Waals surface area contributed by atoms with E-state index in [9.17, 15) is 68.0 Å². The largest absolute Gasteiger partial charge is 0.480 e. The molecule has 2 aromatic carbocycles. The number of phosphoric acid groups is 1. The number of carbonyl (C=O) groups is 4. The Labute approximate surface area is 453 Å². The molecule has 24 nitrogen and oxygen atoms in total. The second kappa shape index (κ2) is 22.5. The monoisotopic (exact) mass is 1210 g/mol. The van der Waals surface area contributed by atoms with Crippen molar-refractivity contribution in [3.63, 3.8) is 0 Å². The summed E-state index contributed by atoms with van der Waals surface area (Å²) in [4.78, 5) is 94.4. The number of rotatable bonds is 22. The predicted octanol–water partition coefficient (Wildman–Crippen LogP) is 6.04. The maximum Gasteiger partial charge on any atom is 0.472 e. The lowest BCUT2D eigenvalue weighted by Gasteiger charge is -2.24. The number of aliphatic carboxylic acids is 1. The standard InChI is InChI=1S/C45H41ClF9N10O14PS/c1-61-36-28(7-6-26(46)34(36)41(60-61)65(81(2,75)76)31(67)4-3-10-62(18-32(68)69)43(71)78-19-79-80(72,73)74)64-40(58-39-23(42(64)70)5-8-30(57-39)77-11-9-44(51,52)53)27(14-20-12-21(47)15-22(48)13-20)56-29(66)17-63-37-33(35(59-63)38(49)50)24-16-25(24)45(37,54)55/h5-8,12-13,15,24-25,27,38H,3-4,9-11,14,16-19H2,1-2H3,(H,56,66)(H,68,69)(H2,72,73,74)/t24-,25+,27-/m0/s1. The normalized spacial score (nSPS) is 16.1. The lowest BCUT2D eigenvalue weighted by molar-refractivity contribution is -0.140. The molecule has 0 unspecified atom stereocenters. The number of nitrogens with zero attached hydrogens (tertiary/aromatic N) is 9. The number of nitrogens with one attached hydrogen (secondary N) is 1. The average molecular weight is 1220 g/mol. The van der Waals surface area contributed by atoms with Gasteiger partial charge in [-0.05, 0) is 54.7 Å². The first-order valence-corrected chi connectivity index (χ1v) is 27.2. The number of phosphoric ester groups is 1. The molecule has 3 amide bonds. The summed E-state index contributed by atoms with van der Waals surface area (Å²) in [6.07, 6.45) is -12.6. The van der Waals surface area contributed by atoms with Crippen LogP contribution in [0, 0.1) is 17.6 Å². The summed E-state index contributed by atoms with van der Waals surface area (Å²) < 4.78 is 183. The second-order valence-corrected chi connectivity index (χ2v) is 21.8. The Balaban J connectivity index is 1.25. The van der Waals surface area contributed by atoms with Crippen LogP contribution in [0.4, 0.5) is 50.1 Å². The van der Waals surface area contributed by atoms with E-state index in [1.807, 2.05) is 0 Å². The second-order valence-electron chi connectivity index (χ2n) is 18.3. The molecule has 436 valence electrons. The fourth-order valence-corrected chi connectivity index (χ4v) is 10.6. The van der Waals surface area contributed by atoms with E-state index >= 15 is 13.6 Å². The van der Waals surface area contributed by atoms with Gasteiger partial charge in [-0.3, -0.25) is 38.0 Å². The van der Waals surface area contributed by atoms with Crippen molar-refractivity contribution in [3.05, 3.63) is 97.8 Å². The van der Waals surface area contributed by atoms with Crippen LogP contribution >= 0.6 is 19.4 Å². The van der Waals surface area contributed by atoms with Crippen LogP contribution in [-0.4, -0.2) is 125 Å². The van der Waals surface area contributed by atoms with Gasteiger partial charge in [0, 0.05) is 50.0 Å². The van der Waals surface area contributed by atoms with Gasteiger partial charge in [0.05, 0.1) is 52.3 Å². The summed E-state index contributed by atoms with van der Waals surface area (Å²) in [6.45, 7) is -5.24.